The number of amides is 1. The highest BCUT2D eigenvalue weighted by Gasteiger charge is 2.22. The molecule has 23 heavy (non-hydrogen) atoms. The molecule has 0 aliphatic carbocycles. The van der Waals surface area contributed by atoms with E-state index in [2.05, 4.69) is 5.32 Å². The number of nitrogens with two attached hydrogens (primary N) is 1. The molecular formula is C17H26N2O3S. The molecule has 0 saturated carbocycles. The van der Waals surface area contributed by atoms with E-state index in [-0.39, 0.29) is 18.4 Å². The predicted octanol–water partition coefficient (Wildman–Crippen LogP) is 1.52. The number of esters is 1. The Labute approximate surface area is 142 Å². The molecular weight excluding hydrogens is 312 g/mol. The van der Waals surface area contributed by atoms with Crippen LogP contribution in [0.4, 0.5) is 0 Å². The quantitative estimate of drug-likeness (QED) is 0.667. The molecule has 0 spiro atoms. The van der Waals surface area contributed by atoms with Gasteiger partial charge in [-0.05, 0) is 37.3 Å². The van der Waals surface area contributed by atoms with Crippen molar-refractivity contribution in [2.75, 3.05) is 25.7 Å². The topological polar surface area (TPSA) is 81.4 Å². The number of benzene rings is 1. The summed E-state index contributed by atoms with van der Waals surface area (Å²) in [4.78, 5) is 23.9. The third-order valence-corrected chi connectivity index (χ3v) is 4.24. The van der Waals surface area contributed by atoms with Crippen molar-refractivity contribution in [1.29, 1.82) is 0 Å². The number of methoxy groups -OCH3 is 1. The van der Waals surface area contributed by atoms with Gasteiger partial charge in [0.1, 0.15) is 0 Å². The van der Waals surface area contributed by atoms with Gasteiger partial charge in [0.25, 0.3) is 0 Å². The third-order valence-electron chi connectivity index (χ3n) is 3.59. The lowest BCUT2D eigenvalue weighted by Crippen LogP contribution is -2.44. The Morgan fingerprint density at radius 2 is 2.13 bits per heavy atom. The number of hydrogen-bond donors (Lipinski definition) is 2. The minimum Gasteiger partial charge on any atom is -0.469 e. The first-order chi connectivity index (χ1) is 11.0. The van der Waals surface area contributed by atoms with E-state index < -0.39 is 12.0 Å². The molecule has 3 N–H and O–H groups in total. The van der Waals surface area contributed by atoms with Crippen molar-refractivity contribution in [3.63, 3.8) is 0 Å². The Hall–Kier alpha value is -1.53. The van der Waals surface area contributed by atoms with Gasteiger partial charge in [0, 0.05) is 6.54 Å². The van der Waals surface area contributed by atoms with Crippen molar-refractivity contribution < 1.29 is 14.3 Å². The Morgan fingerprint density at radius 1 is 1.39 bits per heavy atom. The first-order valence-electron chi connectivity index (χ1n) is 7.63. The summed E-state index contributed by atoms with van der Waals surface area (Å²) in [6.45, 7) is 2.23. The summed E-state index contributed by atoms with van der Waals surface area (Å²) in [7, 11) is 1.36. The molecule has 0 saturated heterocycles. The van der Waals surface area contributed by atoms with Gasteiger partial charge in [-0.25, -0.2) is 0 Å². The van der Waals surface area contributed by atoms with E-state index in [1.54, 1.807) is 11.8 Å². The Bertz CT molecular complexity index is 522. The summed E-state index contributed by atoms with van der Waals surface area (Å²) < 4.78 is 4.85. The van der Waals surface area contributed by atoms with Crippen LogP contribution in [0.3, 0.4) is 0 Å². The zero-order valence-corrected chi connectivity index (χ0v) is 14.8. The second-order valence-electron chi connectivity index (χ2n) is 5.55. The van der Waals surface area contributed by atoms with Crippen molar-refractivity contribution in [2.45, 2.75) is 25.8 Å². The van der Waals surface area contributed by atoms with Gasteiger partial charge in [-0.1, -0.05) is 29.8 Å². The molecule has 0 aliphatic rings. The van der Waals surface area contributed by atoms with E-state index >= 15 is 0 Å². The van der Waals surface area contributed by atoms with E-state index in [4.69, 9.17) is 10.5 Å². The third kappa shape index (κ3) is 7.05. The van der Waals surface area contributed by atoms with Gasteiger partial charge in [0.15, 0.2) is 0 Å². The normalized spacial score (nSPS) is 13.2. The number of hydrogen-bond acceptors (Lipinski definition) is 5. The molecule has 0 radical (unpaired) electrons. The van der Waals surface area contributed by atoms with Crippen LogP contribution in [0.1, 0.15) is 17.5 Å². The molecule has 1 aromatic carbocycles. The summed E-state index contributed by atoms with van der Waals surface area (Å²) in [6.07, 6.45) is 3.11. The molecule has 128 valence electrons. The summed E-state index contributed by atoms with van der Waals surface area (Å²) >= 11 is 1.65. The molecule has 0 fully saturated rings. The first-order valence-corrected chi connectivity index (χ1v) is 9.03. The molecule has 0 aliphatic heterocycles. The maximum absolute atomic E-state index is 12.0. The SMILES string of the molecule is COC(=O)C(CNC(=O)[C@@H](N)CCSC)Cc1cccc(C)c1. The van der Waals surface area contributed by atoms with Gasteiger partial charge in [-0.3, -0.25) is 9.59 Å². The minimum absolute atomic E-state index is 0.225. The van der Waals surface area contributed by atoms with Crippen LogP contribution in [0.5, 0.6) is 0 Å². The van der Waals surface area contributed by atoms with Gasteiger partial charge < -0.3 is 15.8 Å². The Balaban J connectivity index is 2.61. The number of carbonyl (C=O) groups is 2. The van der Waals surface area contributed by atoms with E-state index in [9.17, 15) is 9.59 Å². The van der Waals surface area contributed by atoms with Crippen LogP contribution >= 0.6 is 11.8 Å². The second kappa shape index (κ2) is 10.3. The summed E-state index contributed by atoms with van der Waals surface area (Å²) in [5, 5.41) is 2.77. The lowest BCUT2D eigenvalue weighted by molar-refractivity contribution is -0.145. The molecule has 0 bridgehead atoms. The molecule has 1 rings (SSSR count). The average molecular weight is 338 g/mol. The zero-order valence-electron chi connectivity index (χ0n) is 14.0. The van der Waals surface area contributed by atoms with Crippen LogP contribution in [-0.2, 0) is 20.7 Å². The van der Waals surface area contributed by atoms with E-state index in [1.165, 1.54) is 7.11 Å². The fraction of sp³-hybridized carbons (Fsp3) is 0.529. The molecule has 5 nitrogen and oxygen atoms in total. The average Bonchev–Trinajstić information content (AvgIpc) is 2.55. The summed E-state index contributed by atoms with van der Waals surface area (Å²) in [6, 6.07) is 7.41. The number of aryl methyl sites for hydroxylation is 1. The van der Waals surface area contributed by atoms with Crippen LogP contribution in [0, 0.1) is 12.8 Å². The number of carbonyl (C=O) groups excluding carboxylic acids is 2. The predicted molar refractivity (Wildman–Crippen MR) is 94.4 cm³/mol. The Kier molecular flexibility index (Phi) is 8.73. The summed E-state index contributed by atoms with van der Waals surface area (Å²) in [5.41, 5.74) is 8.01. The lowest BCUT2D eigenvalue weighted by atomic mass is 9.98. The van der Waals surface area contributed by atoms with Crippen LogP contribution in [0.25, 0.3) is 0 Å². The minimum atomic E-state index is -0.542. The molecule has 2 atom stereocenters. The maximum Gasteiger partial charge on any atom is 0.310 e. The van der Waals surface area contributed by atoms with Crippen LogP contribution in [-0.4, -0.2) is 43.6 Å². The maximum atomic E-state index is 12.0. The van der Waals surface area contributed by atoms with Gasteiger partial charge in [-0.2, -0.15) is 11.8 Å². The molecule has 6 heteroatoms. The monoisotopic (exact) mass is 338 g/mol. The van der Waals surface area contributed by atoms with Crippen molar-refractivity contribution in [3.8, 4) is 0 Å². The molecule has 0 heterocycles. The van der Waals surface area contributed by atoms with Crippen molar-refractivity contribution >= 4 is 23.6 Å². The first kappa shape index (κ1) is 19.5. The smallest absolute Gasteiger partial charge is 0.310 e. The highest BCUT2D eigenvalue weighted by molar-refractivity contribution is 7.98. The molecule has 0 aromatic heterocycles. The van der Waals surface area contributed by atoms with Crippen molar-refractivity contribution in [3.05, 3.63) is 35.4 Å². The van der Waals surface area contributed by atoms with Crippen molar-refractivity contribution in [2.24, 2.45) is 11.7 Å². The van der Waals surface area contributed by atoms with Gasteiger partial charge in [0.2, 0.25) is 5.91 Å². The highest BCUT2D eigenvalue weighted by atomic mass is 32.2. The van der Waals surface area contributed by atoms with Gasteiger partial charge >= 0.3 is 5.97 Å². The lowest BCUT2D eigenvalue weighted by Gasteiger charge is -2.17. The van der Waals surface area contributed by atoms with Crippen molar-refractivity contribution in [1.82, 2.24) is 5.32 Å². The fourth-order valence-corrected chi connectivity index (χ4v) is 2.75. The largest absolute Gasteiger partial charge is 0.469 e. The van der Waals surface area contributed by atoms with Gasteiger partial charge in [-0.15, -0.1) is 0 Å². The van der Waals surface area contributed by atoms with Crippen LogP contribution < -0.4 is 11.1 Å². The number of ether oxygens (including phenoxy) is 1. The number of thioether (sulfide) groups is 1. The fourth-order valence-electron chi connectivity index (χ4n) is 2.26. The zero-order chi connectivity index (χ0) is 17.2. The van der Waals surface area contributed by atoms with E-state index in [1.807, 2.05) is 37.4 Å². The number of nitrogens with one attached hydrogen (secondary N) is 1. The highest BCUT2D eigenvalue weighted by Crippen LogP contribution is 2.12. The Morgan fingerprint density at radius 3 is 2.74 bits per heavy atom. The molecule has 1 unspecified atom stereocenters. The molecule has 1 aromatic rings. The summed E-state index contributed by atoms with van der Waals surface area (Å²) in [5.74, 6) is -0.140. The number of rotatable bonds is 9. The van der Waals surface area contributed by atoms with E-state index in [0.717, 1.165) is 16.9 Å². The standard InChI is InChI=1S/C17H26N2O3S/c1-12-5-4-6-13(9-12)10-14(17(21)22-2)11-19-16(20)15(18)7-8-23-3/h4-6,9,14-15H,7-8,10-11,18H2,1-3H3,(H,19,20)/t14?,15-/m0/s1. The molecule has 1 amide bonds. The van der Waals surface area contributed by atoms with Crippen LogP contribution in [0.15, 0.2) is 24.3 Å². The second-order valence-corrected chi connectivity index (χ2v) is 6.53. The van der Waals surface area contributed by atoms with E-state index in [0.29, 0.717) is 12.8 Å². The van der Waals surface area contributed by atoms with Gasteiger partial charge in [0.05, 0.1) is 19.1 Å². The van der Waals surface area contributed by atoms with Crippen LogP contribution in [0.2, 0.25) is 0 Å².